The molecule has 0 amide bonds. The van der Waals surface area contributed by atoms with Gasteiger partial charge in [0, 0.05) is 81.1 Å². The van der Waals surface area contributed by atoms with E-state index in [0.717, 1.165) is 71.5 Å². The molecule has 1 unspecified atom stereocenters. The van der Waals surface area contributed by atoms with E-state index in [1.54, 1.807) is 0 Å². The van der Waals surface area contributed by atoms with Crippen LogP contribution in [0, 0.1) is 0 Å². The molecule has 0 saturated heterocycles. The number of nitrogens with zero attached hydrogens (tertiary/aromatic N) is 7. The van der Waals surface area contributed by atoms with Gasteiger partial charge in [-0.2, -0.15) is 0 Å². The van der Waals surface area contributed by atoms with E-state index >= 15 is 0 Å². The van der Waals surface area contributed by atoms with Crippen LogP contribution in [0.15, 0.2) is 146 Å². The number of likely N-dealkylation sites (N-methyl/N-ethyl adjacent to an activating group) is 1. The molecule has 0 bridgehead atoms. The van der Waals surface area contributed by atoms with Gasteiger partial charge in [-0.1, -0.05) is 51.9 Å². The molecule has 4 heterocycles. The Bertz CT molecular complexity index is 2090. The maximum Gasteiger partial charge on any atom is 0.243 e. The van der Waals surface area contributed by atoms with Gasteiger partial charge in [0.05, 0.1) is 33.2 Å². The molecule has 60 heavy (non-hydrogen) atoms. The van der Waals surface area contributed by atoms with Crippen LogP contribution < -0.4 is 23.5 Å². The summed E-state index contributed by atoms with van der Waals surface area (Å²) in [4.78, 5) is 6.25. The van der Waals surface area contributed by atoms with Crippen molar-refractivity contribution in [2.24, 2.45) is 7.05 Å². The first kappa shape index (κ1) is 45.0. The van der Waals surface area contributed by atoms with E-state index in [-0.39, 0.29) is 0 Å². The summed E-state index contributed by atoms with van der Waals surface area (Å²) in [5.41, 5.74) is 7.89. The second-order valence-corrected chi connectivity index (χ2v) is 19.0. The molecule has 1 aliphatic heterocycles. The fourth-order valence-electron chi connectivity index (χ4n) is 7.59. The zero-order chi connectivity index (χ0) is 41.8. The third-order valence-electron chi connectivity index (χ3n) is 11.5. The molecule has 6 rings (SSSR count). The van der Waals surface area contributed by atoms with Crippen molar-refractivity contribution >= 4 is 39.4 Å². The van der Waals surface area contributed by atoms with Crippen molar-refractivity contribution in [1.29, 1.82) is 0 Å². The molecular weight excluding hydrogens is 777 g/mol. The van der Waals surface area contributed by atoms with Crippen molar-refractivity contribution in [2.75, 3.05) is 57.2 Å². The average molecular weight is 847 g/mol. The maximum atomic E-state index is 2.45. The quantitative estimate of drug-likeness (QED) is 0.0427. The summed E-state index contributed by atoms with van der Waals surface area (Å²) in [6, 6.07) is 15.1. The average Bonchev–Trinajstić information content (AvgIpc) is 3.93. The van der Waals surface area contributed by atoms with Gasteiger partial charge in [0.15, 0.2) is 6.20 Å². The van der Waals surface area contributed by atoms with E-state index in [4.69, 9.17) is 0 Å². The van der Waals surface area contributed by atoms with Crippen molar-refractivity contribution in [1.82, 2.24) is 14.0 Å². The normalized spacial score (nSPS) is 15.5. The first-order valence-electron chi connectivity index (χ1n) is 22.2. The molecule has 2 aliphatic rings. The Morgan fingerprint density at radius 3 is 2.02 bits per heavy atom. The van der Waals surface area contributed by atoms with Gasteiger partial charge in [-0.3, -0.25) is 0 Å². The van der Waals surface area contributed by atoms with Gasteiger partial charge in [-0.05, 0) is 98.2 Å². The molecule has 0 saturated carbocycles. The van der Waals surface area contributed by atoms with Gasteiger partial charge in [-0.15, -0.1) is 0 Å². The highest BCUT2D eigenvalue weighted by Gasteiger charge is 2.13. The molecule has 10 heteroatoms. The van der Waals surface area contributed by atoms with Crippen molar-refractivity contribution in [3.8, 4) is 0 Å². The predicted octanol–water partition coefficient (Wildman–Crippen LogP) is 7.48. The molecule has 1 atom stereocenters. The van der Waals surface area contributed by atoms with Crippen molar-refractivity contribution in [2.45, 2.75) is 77.5 Å². The molecular formula is C50H70N8S2+4. The monoisotopic (exact) mass is 847 g/mol. The minimum atomic E-state index is 1.03. The Labute approximate surface area is 369 Å². The summed E-state index contributed by atoms with van der Waals surface area (Å²) < 4.78 is 11.5. The Morgan fingerprint density at radius 2 is 1.38 bits per heavy atom. The molecule has 0 fully saturated rings. The first-order valence-corrected chi connectivity index (χ1v) is 24.6. The van der Waals surface area contributed by atoms with E-state index in [1.165, 1.54) is 76.0 Å². The van der Waals surface area contributed by atoms with Crippen LogP contribution in [0.3, 0.4) is 0 Å². The number of aromatic nitrogens is 5. The molecule has 8 nitrogen and oxygen atoms in total. The summed E-state index contributed by atoms with van der Waals surface area (Å²) in [5.74, 6) is 2.47. The Balaban J connectivity index is 0.747. The van der Waals surface area contributed by atoms with Gasteiger partial charge in [-0.25, -0.2) is 22.8 Å². The number of benzene rings is 1. The van der Waals surface area contributed by atoms with Crippen molar-refractivity contribution in [3.05, 3.63) is 157 Å². The van der Waals surface area contributed by atoms with Crippen LogP contribution in [0.1, 0.15) is 62.6 Å². The number of imidazole rings is 2. The third kappa shape index (κ3) is 15.2. The Morgan fingerprint density at radius 1 is 0.700 bits per heavy atom. The number of pyridine rings is 1. The van der Waals surface area contributed by atoms with E-state index in [9.17, 15) is 0 Å². The number of nitrogens with one attached hydrogen (secondary N) is 1. The number of anilines is 1. The minimum absolute atomic E-state index is 1.03. The van der Waals surface area contributed by atoms with Gasteiger partial charge in [0.1, 0.15) is 44.1 Å². The molecule has 4 aromatic rings. The van der Waals surface area contributed by atoms with Gasteiger partial charge in [0.2, 0.25) is 18.3 Å². The summed E-state index contributed by atoms with van der Waals surface area (Å²) >= 11 is 0. The topological polar surface area (TPSA) is 32.4 Å². The number of hydrogen-bond acceptors (Lipinski definition) is 4. The number of unbranched alkanes of at least 4 members (excludes halogenated alkanes) is 2. The lowest BCUT2D eigenvalue weighted by Crippen LogP contribution is -3.07. The van der Waals surface area contributed by atoms with Crippen LogP contribution in [0.5, 0.6) is 0 Å². The highest BCUT2D eigenvalue weighted by molar-refractivity contribution is 8.76. The van der Waals surface area contributed by atoms with Crippen LogP contribution in [-0.4, -0.2) is 66.3 Å². The largest absolute Gasteiger partial charge is 0.378 e. The third-order valence-corrected chi connectivity index (χ3v) is 14.1. The van der Waals surface area contributed by atoms with Gasteiger partial charge >= 0.3 is 0 Å². The lowest BCUT2D eigenvalue weighted by molar-refractivity contribution is -0.829. The zero-order valence-corrected chi connectivity index (χ0v) is 38.4. The molecule has 1 N–H and O–H groups in total. The fraction of sp³-hybridized carbons (Fsp3) is 0.420. The van der Waals surface area contributed by atoms with E-state index in [2.05, 4.69) is 223 Å². The second kappa shape index (κ2) is 24.7. The van der Waals surface area contributed by atoms with Gasteiger partial charge in [0.25, 0.3) is 0 Å². The molecule has 0 spiro atoms. The van der Waals surface area contributed by atoms with Crippen LogP contribution in [-0.2, 0) is 33.2 Å². The maximum absolute atomic E-state index is 2.45. The molecule has 1 aromatic carbocycles. The summed E-state index contributed by atoms with van der Waals surface area (Å²) in [5, 5.41) is 0. The van der Waals surface area contributed by atoms with E-state index < -0.39 is 0 Å². The summed E-state index contributed by atoms with van der Waals surface area (Å²) in [6.45, 7) is 7.48. The molecule has 3 aromatic heterocycles. The van der Waals surface area contributed by atoms with Crippen LogP contribution in [0.4, 0.5) is 5.69 Å². The molecule has 0 radical (unpaired) electrons. The first-order chi connectivity index (χ1) is 29.4. The number of allylic oxidation sites excluding steroid dienone is 8. The van der Waals surface area contributed by atoms with E-state index in [0.29, 0.717) is 0 Å². The van der Waals surface area contributed by atoms with Crippen LogP contribution in [0.25, 0.3) is 12.2 Å². The van der Waals surface area contributed by atoms with Crippen LogP contribution >= 0.6 is 21.6 Å². The highest BCUT2D eigenvalue weighted by Crippen LogP contribution is 2.24. The van der Waals surface area contributed by atoms with Crippen molar-refractivity contribution < 1.29 is 18.6 Å². The lowest BCUT2D eigenvalue weighted by Gasteiger charge is -2.24. The molecule has 1 aliphatic carbocycles. The Kier molecular flexibility index (Phi) is 18.5. The SMILES string of the molecule is CN(CCC[n+]1ccn(CCCCSSCCCCn2cc[n+](CCCN(C)c3ccc(/C=C/c4cccc[n+]4C)cc3)c2)c1)C1=CC=C(/C=C/C2=CC=CC[NH+]2C)CC1. The highest BCUT2D eigenvalue weighted by atomic mass is 33.1. The predicted molar refractivity (Wildman–Crippen MR) is 254 cm³/mol. The Hall–Kier alpha value is -4.51. The van der Waals surface area contributed by atoms with Gasteiger partial charge < -0.3 is 14.7 Å². The van der Waals surface area contributed by atoms with E-state index in [1.807, 2.05) is 0 Å². The number of aryl methyl sites for hydroxylation is 5. The minimum Gasteiger partial charge on any atom is -0.378 e. The van der Waals surface area contributed by atoms with Crippen molar-refractivity contribution in [3.63, 3.8) is 0 Å². The number of rotatable bonds is 25. The number of hydrogen-bond donors (Lipinski definition) is 1. The standard InChI is InChI=1S/C50H69N8S2/c1-51-29-7-5-15-47(51)23-17-45-19-25-49(26-20-45)53(3)31-13-35-57-39-37-55(43-57)33-9-11-41-59-60-42-12-10-34-56-38-40-58(44-56)36-14-32-54(4)50-27-21-46(22-28-50)18-24-48-16-6-8-30-52(48)2/h5-8,15-21,23-27,29,37-40,43-44H,9-14,22,28,30-36,41-42H2,1-4H3/q+3/p+1/b24-18+. The smallest absolute Gasteiger partial charge is 0.243 e. The number of quaternary nitrogens is 1. The molecule has 318 valence electrons. The zero-order valence-electron chi connectivity index (χ0n) is 36.7. The second-order valence-electron chi connectivity index (χ2n) is 16.3. The summed E-state index contributed by atoms with van der Waals surface area (Å²) in [6.07, 6.45) is 45.3. The lowest BCUT2D eigenvalue weighted by atomic mass is 10.0. The fourth-order valence-corrected chi connectivity index (χ4v) is 9.88. The van der Waals surface area contributed by atoms with Crippen LogP contribution in [0.2, 0.25) is 0 Å². The summed E-state index contributed by atoms with van der Waals surface area (Å²) in [7, 11) is 12.8.